The highest BCUT2D eigenvalue weighted by molar-refractivity contribution is 5.91. The van der Waals surface area contributed by atoms with Gasteiger partial charge in [-0.2, -0.15) is 5.26 Å². The smallest absolute Gasteiger partial charge is 0.418 e. The van der Waals surface area contributed by atoms with Gasteiger partial charge >= 0.3 is 12.1 Å². The maximum absolute atomic E-state index is 12.1. The van der Waals surface area contributed by atoms with Crippen LogP contribution in [-0.2, 0) is 11.2 Å². The van der Waals surface area contributed by atoms with Gasteiger partial charge in [0.05, 0.1) is 6.07 Å². The van der Waals surface area contributed by atoms with E-state index in [0.29, 0.717) is 6.42 Å². The molecule has 1 rings (SSSR count). The molecule has 0 fully saturated rings. The molecular weight excluding hydrogens is 282 g/mol. The molecule has 6 heteroatoms. The van der Waals surface area contributed by atoms with Gasteiger partial charge < -0.3 is 10.1 Å². The first-order valence-electron chi connectivity index (χ1n) is 7.02. The third-order valence-electron chi connectivity index (χ3n) is 2.64. The molecule has 22 heavy (non-hydrogen) atoms. The molecule has 0 heterocycles. The number of hydrogen-bond donors (Lipinski definition) is 1. The van der Waals surface area contributed by atoms with E-state index in [-0.39, 0.29) is 13.1 Å². The standard InChI is InChI=1S/C16H21N3O3/c1-16(2,3)22-15(21)19(14(20)18-11-10-17)12-9-13-7-5-4-6-8-13/h4-8H,9,11-12H2,1-3H3,(H,18,20). The summed E-state index contributed by atoms with van der Waals surface area (Å²) in [6, 6.07) is 10.7. The molecule has 1 N–H and O–H groups in total. The fraction of sp³-hybridized carbons (Fsp3) is 0.438. The van der Waals surface area contributed by atoms with E-state index in [1.54, 1.807) is 26.8 Å². The number of urea groups is 1. The Labute approximate surface area is 130 Å². The van der Waals surface area contributed by atoms with Crippen molar-refractivity contribution in [2.24, 2.45) is 0 Å². The van der Waals surface area contributed by atoms with E-state index in [0.717, 1.165) is 10.5 Å². The molecular formula is C16H21N3O3. The van der Waals surface area contributed by atoms with Crippen molar-refractivity contribution in [2.45, 2.75) is 32.8 Å². The average Bonchev–Trinajstić information content (AvgIpc) is 2.44. The molecule has 0 saturated carbocycles. The van der Waals surface area contributed by atoms with Crippen molar-refractivity contribution in [1.29, 1.82) is 5.26 Å². The summed E-state index contributed by atoms with van der Waals surface area (Å²) < 4.78 is 5.23. The van der Waals surface area contributed by atoms with E-state index >= 15 is 0 Å². The first-order valence-corrected chi connectivity index (χ1v) is 7.02. The van der Waals surface area contributed by atoms with Gasteiger partial charge in [0.1, 0.15) is 12.1 Å². The minimum absolute atomic E-state index is 0.163. The second-order valence-electron chi connectivity index (χ2n) is 5.68. The molecule has 1 aromatic carbocycles. The number of amides is 3. The topological polar surface area (TPSA) is 82.4 Å². The van der Waals surface area contributed by atoms with Crippen LogP contribution in [0.4, 0.5) is 9.59 Å². The van der Waals surface area contributed by atoms with Gasteiger partial charge in [-0.3, -0.25) is 0 Å². The zero-order chi connectivity index (χ0) is 16.6. The van der Waals surface area contributed by atoms with Crippen LogP contribution < -0.4 is 5.32 Å². The Kier molecular flexibility index (Phi) is 6.39. The van der Waals surface area contributed by atoms with Crippen molar-refractivity contribution in [3.8, 4) is 6.07 Å². The van der Waals surface area contributed by atoms with E-state index < -0.39 is 17.7 Å². The predicted molar refractivity (Wildman–Crippen MR) is 82.1 cm³/mol. The van der Waals surface area contributed by atoms with Crippen LogP contribution in [0.1, 0.15) is 26.3 Å². The van der Waals surface area contributed by atoms with Crippen LogP contribution in [0.3, 0.4) is 0 Å². The Morgan fingerprint density at radius 2 is 1.91 bits per heavy atom. The molecule has 0 atom stereocenters. The summed E-state index contributed by atoms with van der Waals surface area (Å²) in [5, 5.41) is 10.9. The maximum Gasteiger partial charge on any atom is 0.418 e. The van der Waals surface area contributed by atoms with Crippen LogP contribution >= 0.6 is 0 Å². The monoisotopic (exact) mass is 303 g/mol. The van der Waals surface area contributed by atoms with Gasteiger partial charge in [0.25, 0.3) is 0 Å². The van der Waals surface area contributed by atoms with Crippen molar-refractivity contribution in [1.82, 2.24) is 10.2 Å². The lowest BCUT2D eigenvalue weighted by atomic mass is 10.1. The number of benzene rings is 1. The number of imide groups is 1. The molecule has 0 unspecified atom stereocenters. The van der Waals surface area contributed by atoms with Crippen LogP contribution in [0.5, 0.6) is 0 Å². The third-order valence-corrected chi connectivity index (χ3v) is 2.64. The molecule has 0 aliphatic carbocycles. The van der Waals surface area contributed by atoms with Crippen molar-refractivity contribution < 1.29 is 14.3 Å². The number of rotatable bonds is 4. The highest BCUT2D eigenvalue weighted by Crippen LogP contribution is 2.11. The largest absolute Gasteiger partial charge is 0.443 e. The van der Waals surface area contributed by atoms with Crippen LogP contribution in [-0.4, -0.2) is 35.7 Å². The Morgan fingerprint density at radius 3 is 2.45 bits per heavy atom. The van der Waals surface area contributed by atoms with E-state index in [9.17, 15) is 9.59 Å². The van der Waals surface area contributed by atoms with Gasteiger partial charge in [-0.05, 0) is 32.8 Å². The van der Waals surface area contributed by atoms with Gasteiger partial charge in [0.2, 0.25) is 0 Å². The molecule has 6 nitrogen and oxygen atoms in total. The number of hydrogen-bond acceptors (Lipinski definition) is 4. The van der Waals surface area contributed by atoms with Gasteiger partial charge in [0.15, 0.2) is 0 Å². The van der Waals surface area contributed by atoms with Crippen LogP contribution in [0.2, 0.25) is 0 Å². The Morgan fingerprint density at radius 1 is 1.27 bits per heavy atom. The minimum atomic E-state index is -0.723. The lowest BCUT2D eigenvalue weighted by Gasteiger charge is -2.26. The Bertz CT molecular complexity index is 544. The molecule has 1 aromatic rings. The lowest BCUT2D eigenvalue weighted by molar-refractivity contribution is 0.0323. The number of carbonyl (C=O) groups is 2. The summed E-state index contributed by atoms with van der Waals surface area (Å²) in [6.07, 6.45) is -0.209. The molecule has 0 aromatic heterocycles. The molecule has 3 amide bonds. The zero-order valence-electron chi connectivity index (χ0n) is 13.1. The van der Waals surface area contributed by atoms with Crippen molar-refractivity contribution in [3.05, 3.63) is 35.9 Å². The fourth-order valence-electron chi connectivity index (χ4n) is 1.69. The van der Waals surface area contributed by atoms with E-state index in [2.05, 4.69) is 5.32 Å². The summed E-state index contributed by atoms with van der Waals surface area (Å²) in [7, 11) is 0. The van der Waals surface area contributed by atoms with Crippen LogP contribution in [0.25, 0.3) is 0 Å². The average molecular weight is 303 g/mol. The predicted octanol–water partition coefficient (Wildman–Crippen LogP) is 2.70. The lowest BCUT2D eigenvalue weighted by Crippen LogP contribution is -2.47. The minimum Gasteiger partial charge on any atom is -0.443 e. The van der Waals surface area contributed by atoms with Gasteiger partial charge in [-0.25, -0.2) is 14.5 Å². The first kappa shape index (κ1) is 17.5. The summed E-state index contributed by atoms with van der Waals surface area (Å²) in [4.78, 5) is 25.1. The summed E-state index contributed by atoms with van der Waals surface area (Å²) in [5.74, 6) is 0. The van der Waals surface area contributed by atoms with Gasteiger partial charge in [-0.15, -0.1) is 0 Å². The summed E-state index contributed by atoms with van der Waals surface area (Å²) in [6.45, 7) is 5.20. The fourth-order valence-corrected chi connectivity index (χ4v) is 1.69. The molecule has 0 bridgehead atoms. The molecule has 0 radical (unpaired) electrons. The zero-order valence-corrected chi connectivity index (χ0v) is 13.1. The van der Waals surface area contributed by atoms with Gasteiger partial charge in [-0.1, -0.05) is 30.3 Å². The number of nitrogens with one attached hydrogen (secondary N) is 1. The number of nitriles is 1. The molecule has 0 aliphatic rings. The van der Waals surface area contributed by atoms with Crippen molar-refractivity contribution in [2.75, 3.05) is 13.1 Å². The normalized spacial score (nSPS) is 10.5. The third kappa shape index (κ3) is 6.27. The second kappa shape index (κ2) is 8.03. The quantitative estimate of drug-likeness (QED) is 0.867. The van der Waals surface area contributed by atoms with Gasteiger partial charge in [0, 0.05) is 6.54 Å². The number of nitrogens with zero attached hydrogens (tertiary/aromatic N) is 2. The number of carbonyl (C=O) groups excluding carboxylic acids is 2. The van der Waals surface area contributed by atoms with E-state index in [1.807, 2.05) is 30.3 Å². The summed E-state index contributed by atoms with van der Waals surface area (Å²) >= 11 is 0. The maximum atomic E-state index is 12.1. The van der Waals surface area contributed by atoms with Crippen molar-refractivity contribution in [3.63, 3.8) is 0 Å². The highest BCUT2D eigenvalue weighted by atomic mass is 16.6. The van der Waals surface area contributed by atoms with E-state index in [4.69, 9.17) is 10.00 Å². The summed E-state index contributed by atoms with van der Waals surface area (Å²) in [5.41, 5.74) is 0.307. The molecule has 118 valence electrons. The SMILES string of the molecule is CC(C)(C)OC(=O)N(CCc1ccccc1)C(=O)NCC#N. The molecule has 0 spiro atoms. The first-order chi connectivity index (χ1) is 10.3. The second-order valence-corrected chi connectivity index (χ2v) is 5.68. The van der Waals surface area contributed by atoms with Crippen LogP contribution in [0.15, 0.2) is 30.3 Å². The van der Waals surface area contributed by atoms with E-state index in [1.165, 1.54) is 0 Å². The van der Waals surface area contributed by atoms with Crippen molar-refractivity contribution >= 4 is 12.1 Å². The Hall–Kier alpha value is -2.55. The molecule has 0 saturated heterocycles. The van der Waals surface area contributed by atoms with Crippen LogP contribution in [0, 0.1) is 11.3 Å². The number of ether oxygens (including phenoxy) is 1. The molecule has 0 aliphatic heterocycles. The highest BCUT2D eigenvalue weighted by Gasteiger charge is 2.26. The Balaban J connectivity index is 2.75.